The van der Waals surface area contributed by atoms with Crippen LogP contribution in [0.3, 0.4) is 0 Å². The van der Waals surface area contributed by atoms with Gasteiger partial charge in [-0.25, -0.2) is 4.98 Å². The lowest BCUT2D eigenvalue weighted by Crippen LogP contribution is -1.96. The molecule has 18 heavy (non-hydrogen) atoms. The van der Waals surface area contributed by atoms with Gasteiger partial charge in [0, 0.05) is 15.1 Å². The smallest absolute Gasteiger partial charge is 0.216 e. The summed E-state index contributed by atoms with van der Waals surface area (Å²) >= 11 is 5.07. The van der Waals surface area contributed by atoms with Gasteiger partial charge in [-0.15, -0.1) is 0 Å². The predicted octanol–water partition coefficient (Wildman–Crippen LogP) is 3.35. The number of halogens is 1. The summed E-state index contributed by atoms with van der Waals surface area (Å²) in [6.07, 6.45) is 1.52. The molecule has 0 spiro atoms. The highest BCUT2D eigenvalue weighted by Gasteiger charge is 2.07. The zero-order chi connectivity index (χ0) is 12.5. The molecule has 4 nitrogen and oxygen atoms in total. The van der Waals surface area contributed by atoms with E-state index in [0.717, 1.165) is 20.1 Å². The summed E-state index contributed by atoms with van der Waals surface area (Å²) in [7, 11) is 0. The SMILES string of the molecule is Cc1cc(Sc2ccc(Br)cc2)n2ncnc2n1. The molecular weight excluding hydrogens is 312 g/mol. The molecule has 0 saturated heterocycles. The van der Waals surface area contributed by atoms with Gasteiger partial charge >= 0.3 is 0 Å². The number of nitrogens with zero attached hydrogens (tertiary/aromatic N) is 4. The van der Waals surface area contributed by atoms with Crippen molar-refractivity contribution in [3.05, 3.63) is 46.8 Å². The fourth-order valence-electron chi connectivity index (χ4n) is 1.59. The summed E-state index contributed by atoms with van der Waals surface area (Å²) in [6, 6.07) is 10.2. The van der Waals surface area contributed by atoms with E-state index < -0.39 is 0 Å². The van der Waals surface area contributed by atoms with E-state index in [1.807, 2.05) is 25.1 Å². The lowest BCUT2D eigenvalue weighted by molar-refractivity contribution is 0.833. The van der Waals surface area contributed by atoms with Gasteiger partial charge in [-0.1, -0.05) is 27.7 Å². The minimum atomic E-state index is 0.634. The predicted molar refractivity (Wildman–Crippen MR) is 73.8 cm³/mol. The number of hydrogen-bond acceptors (Lipinski definition) is 4. The molecule has 0 aliphatic carbocycles. The molecule has 2 aromatic heterocycles. The first-order chi connectivity index (χ1) is 8.72. The van der Waals surface area contributed by atoms with Crippen LogP contribution in [0.15, 0.2) is 51.1 Å². The van der Waals surface area contributed by atoms with Crippen LogP contribution in [-0.4, -0.2) is 19.6 Å². The minimum absolute atomic E-state index is 0.634. The molecule has 3 aromatic rings. The van der Waals surface area contributed by atoms with Gasteiger partial charge in [0.15, 0.2) is 0 Å². The number of rotatable bonds is 2. The average Bonchev–Trinajstić information content (AvgIpc) is 2.80. The van der Waals surface area contributed by atoms with Gasteiger partial charge in [0.1, 0.15) is 11.4 Å². The molecule has 1 aromatic carbocycles. The Bertz CT molecular complexity index is 693. The van der Waals surface area contributed by atoms with Gasteiger partial charge in [-0.05, 0) is 37.3 Å². The first kappa shape index (κ1) is 11.7. The molecular formula is C12H9BrN4S. The lowest BCUT2D eigenvalue weighted by Gasteiger charge is -2.04. The second kappa shape index (κ2) is 4.70. The van der Waals surface area contributed by atoms with E-state index in [2.05, 4.69) is 43.1 Å². The highest BCUT2D eigenvalue weighted by atomic mass is 79.9. The molecule has 2 heterocycles. The van der Waals surface area contributed by atoms with Crippen molar-refractivity contribution in [3.63, 3.8) is 0 Å². The largest absolute Gasteiger partial charge is 0.253 e. The highest BCUT2D eigenvalue weighted by molar-refractivity contribution is 9.10. The monoisotopic (exact) mass is 320 g/mol. The number of benzene rings is 1. The molecule has 0 atom stereocenters. The quantitative estimate of drug-likeness (QED) is 0.679. The van der Waals surface area contributed by atoms with Crippen molar-refractivity contribution in [1.82, 2.24) is 19.6 Å². The van der Waals surface area contributed by atoms with Gasteiger partial charge in [-0.2, -0.15) is 14.6 Å². The minimum Gasteiger partial charge on any atom is -0.216 e. The van der Waals surface area contributed by atoms with Crippen LogP contribution in [-0.2, 0) is 0 Å². The molecule has 0 radical (unpaired) electrons. The highest BCUT2D eigenvalue weighted by Crippen LogP contribution is 2.28. The molecule has 0 unspecified atom stereocenters. The fourth-order valence-corrected chi connectivity index (χ4v) is 2.82. The first-order valence-corrected chi connectivity index (χ1v) is 6.94. The molecule has 0 N–H and O–H groups in total. The van der Waals surface area contributed by atoms with Gasteiger partial charge in [-0.3, -0.25) is 0 Å². The number of fused-ring (bicyclic) bond motifs is 1. The van der Waals surface area contributed by atoms with Gasteiger partial charge in [0.25, 0.3) is 5.78 Å². The van der Waals surface area contributed by atoms with Crippen molar-refractivity contribution in [1.29, 1.82) is 0 Å². The average molecular weight is 321 g/mol. The Kier molecular flexibility index (Phi) is 3.05. The maximum atomic E-state index is 4.32. The zero-order valence-corrected chi connectivity index (χ0v) is 11.9. The Morgan fingerprint density at radius 1 is 1.22 bits per heavy atom. The molecule has 0 aliphatic heterocycles. The first-order valence-electron chi connectivity index (χ1n) is 5.33. The summed E-state index contributed by atoms with van der Waals surface area (Å²) in [5.41, 5.74) is 0.940. The molecule has 90 valence electrons. The number of aryl methyl sites for hydroxylation is 1. The van der Waals surface area contributed by atoms with Crippen LogP contribution in [0.2, 0.25) is 0 Å². The maximum absolute atomic E-state index is 4.32. The van der Waals surface area contributed by atoms with Crippen LogP contribution in [0.25, 0.3) is 5.78 Å². The Hall–Kier alpha value is -1.40. The third kappa shape index (κ3) is 2.26. The topological polar surface area (TPSA) is 43.1 Å². The van der Waals surface area contributed by atoms with E-state index in [0.29, 0.717) is 5.78 Å². The second-order valence-electron chi connectivity index (χ2n) is 3.76. The molecule has 6 heteroatoms. The van der Waals surface area contributed by atoms with E-state index in [1.165, 1.54) is 6.33 Å². The molecule has 0 bridgehead atoms. The molecule has 3 rings (SSSR count). The van der Waals surface area contributed by atoms with Gasteiger partial charge in [0.05, 0.1) is 0 Å². The number of hydrogen-bond donors (Lipinski definition) is 0. The van der Waals surface area contributed by atoms with Crippen LogP contribution < -0.4 is 0 Å². The van der Waals surface area contributed by atoms with Crippen LogP contribution in [0, 0.1) is 6.92 Å². The van der Waals surface area contributed by atoms with Crippen molar-refractivity contribution in [2.24, 2.45) is 0 Å². The standard InChI is InChI=1S/C12H9BrN4S/c1-8-6-11(17-12(16-8)14-7-15-17)18-10-4-2-9(13)3-5-10/h2-7H,1H3. The van der Waals surface area contributed by atoms with Crippen molar-refractivity contribution in [3.8, 4) is 0 Å². The fraction of sp³-hybridized carbons (Fsp3) is 0.0833. The molecule has 0 aliphatic rings. The summed E-state index contributed by atoms with van der Waals surface area (Å²) in [6.45, 7) is 1.96. The van der Waals surface area contributed by atoms with E-state index in [4.69, 9.17) is 0 Å². The summed E-state index contributed by atoms with van der Waals surface area (Å²) < 4.78 is 2.82. The van der Waals surface area contributed by atoms with Gasteiger partial charge in [0.2, 0.25) is 0 Å². The van der Waals surface area contributed by atoms with Crippen LogP contribution in [0.1, 0.15) is 5.69 Å². The normalized spacial score (nSPS) is 11.0. The summed E-state index contributed by atoms with van der Waals surface area (Å²) in [5, 5.41) is 5.20. The maximum Gasteiger partial charge on any atom is 0.253 e. The summed E-state index contributed by atoms with van der Waals surface area (Å²) in [4.78, 5) is 9.59. The third-order valence-corrected chi connectivity index (χ3v) is 3.92. The van der Waals surface area contributed by atoms with E-state index in [-0.39, 0.29) is 0 Å². The Morgan fingerprint density at radius 3 is 2.78 bits per heavy atom. The molecule has 0 fully saturated rings. The Balaban J connectivity index is 2.03. The Morgan fingerprint density at radius 2 is 2.00 bits per heavy atom. The molecule has 0 amide bonds. The number of aromatic nitrogens is 4. The van der Waals surface area contributed by atoms with E-state index in [9.17, 15) is 0 Å². The zero-order valence-electron chi connectivity index (χ0n) is 9.54. The van der Waals surface area contributed by atoms with Crippen molar-refractivity contribution >= 4 is 33.5 Å². The molecule has 0 saturated carbocycles. The second-order valence-corrected chi connectivity index (χ2v) is 5.77. The summed E-state index contributed by atoms with van der Waals surface area (Å²) in [5.74, 6) is 0.634. The van der Waals surface area contributed by atoms with E-state index in [1.54, 1.807) is 16.3 Å². The van der Waals surface area contributed by atoms with E-state index >= 15 is 0 Å². The van der Waals surface area contributed by atoms with Crippen LogP contribution >= 0.6 is 27.7 Å². The lowest BCUT2D eigenvalue weighted by atomic mass is 10.4. The van der Waals surface area contributed by atoms with Crippen molar-refractivity contribution in [2.75, 3.05) is 0 Å². The van der Waals surface area contributed by atoms with Crippen molar-refractivity contribution in [2.45, 2.75) is 16.8 Å². The van der Waals surface area contributed by atoms with Crippen LogP contribution in [0.4, 0.5) is 0 Å². The van der Waals surface area contributed by atoms with Gasteiger partial charge < -0.3 is 0 Å². The Labute approximate surface area is 117 Å². The third-order valence-electron chi connectivity index (χ3n) is 2.38. The van der Waals surface area contributed by atoms with Crippen LogP contribution in [0.5, 0.6) is 0 Å². The van der Waals surface area contributed by atoms with Crippen molar-refractivity contribution < 1.29 is 0 Å².